The van der Waals surface area contributed by atoms with Crippen LogP contribution >= 0.6 is 11.6 Å². The molecule has 0 aliphatic carbocycles. The van der Waals surface area contributed by atoms with Crippen molar-refractivity contribution < 1.29 is 0 Å². The summed E-state index contributed by atoms with van der Waals surface area (Å²) in [5.74, 6) is 1.76. The number of hydrogen-bond acceptors (Lipinski definition) is 3. The third kappa shape index (κ3) is 2.80. The predicted molar refractivity (Wildman–Crippen MR) is 77.7 cm³/mol. The van der Waals surface area contributed by atoms with Crippen molar-refractivity contribution in [2.75, 3.05) is 0 Å². The molecule has 102 valence electrons. The van der Waals surface area contributed by atoms with Gasteiger partial charge in [-0.05, 0) is 24.6 Å². The summed E-state index contributed by atoms with van der Waals surface area (Å²) in [4.78, 5) is 4.49. The molecule has 0 saturated heterocycles. The number of halogens is 1. The fraction of sp³-hybridized carbons (Fsp3) is 0.429. The third-order valence-electron chi connectivity index (χ3n) is 3.08. The minimum atomic E-state index is -0.0286. The first kappa shape index (κ1) is 14.0. The first-order chi connectivity index (χ1) is 9.06. The van der Waals surface area contributed by atoms with Crippen LogP contribution in [0.1, 0.15) is 44.0 Å². The van der Waals surface area contributed by atoms with Crippen molar-refractivity contribution >= 4 is 11.6 Å². The monoisotopic (exact) mass is 278 g/mol. The number of hydrogen-bond donors (Lipinski definition) is 1. The van der Waals surface area contributed by atoms with E-state index >= 15 is 0 Å². The van der Waals surface area contributed by atoms with Gasteiger partial charge >= 0.3 is 0 Å². The molecule has 1 aromatic heterocycles. The number of nitrogens with two attached hydrogens (primary N) is 1. The highest BCUT2D eigenvalue weighted by Crippen LogP contribution is 2.25. The highest BCUT2D eigenvalue weighted by Gasteiger charge is 2.13. The molecule has 1 heterocycles. The van der Waals surface area contributed by atoms with Gasteiger partial charge in [0.05, 0.1) is 10.7 Å². The Morgan fingerprint density at radius 2 is 2.05 bits per heavy atom. The van der Waals surface area contributed by atoms with Gasteiger partial charge in [0.25, 0.3) is 0 Å². The van der Waals surface area contributed by atoms with Gasteiger partial charge in [-0.3, -0.25) is 0 Å². The Balaban J connectivity index is 2.49. The standard InChI is InChI=1S/C14H19ClN4/c1-4-13-17-14(5-2)19(18-13)12-7-6-10(9(3)16)8-11(12)15/h6-9H,4-5,16H2,1-3H3. The zero-order chi connectivity index (χ0) is 14.0. The van der Waals surface area contributed by atoms with Crippen LogP contribution in [0.4, 0.5) is 0 Å². The van der Waals surface area contributed by atoms with Crippen LogP contribution in [0.25, 0.3) is 5.69 Å². The van der Waals surface area contributed by atoms with E-state index in [-0.39, 0.29) is 6.04 Å². The summed E-state index contributed by atoms with van der Waals surface area (Å²) in [5.41, 5.74) is 7.73. The molecule has 0 fully saturated rings. The van der Waals surface area contributed by atoms with Crippen molar-refractivity contribution in [1.29, 1.82) is 0 Å². The SMILES string of the molecule is CCc1nc(CC)n(-c2ccc(C(C)N)cc2Cl)n1. The van der Waals surface area contributed by atoms with Crippen molar-refractivity contribution in [2.24, 2.45) is 5.73 Å². The molecule has 0 saturated carbocycles. The quantitative estimate of drug-likeness (QED) is 0.935. The molecule has 0 spiro atoms. The number of aryl methyl sites for hydroxylation is 2. The van der Waals surface area contributed by atoms with E-state index in [9.17, 15) is 0 Å². The lowest BCUT2D eigenvalue weighted by Gasteiger charge is -2.10. The zero-order valence-electron chi connectivity index (χ0n) is 11.5. The molecule has 5 heteroatoms. The number of benzene rings is 1. The third-order valence-corrected chi connectivity index (χ3v) is 3.38. The van der Waals surface area contributed by atoms with E-state index in [1.54, 1.807) is 0 Å². The summed E-state index contributed by atoms with van der Waals surface area (Å²) in [6.45, 7) is 6.04. The lowest BCUT2D eigenvalue weighted by Crippen LogP contribution is -2.07. The van der Waals surface area contributed by atoms with Gasteiger partial charge in [0.1, 0.15) is 5.82 Å². The van der Waals surface area contributed by atoms with Crippen LogP contribution in [0.3, 0.4) is 0 Å². The molecule has 4 nitrogen and oxygen atoms in total. The number of aromatic nitrogens is 3. The average Bonchev–Trinajstić information content (AvgIpc) is 2.81. The summed E-state index contributed by atoms with van der Waals surface area (Å²) in [6.07, 6.45) is 1.63. The van der Waals surface area contributed by atoms with Gasteiger partial charge in [-0.15, -0.1) is 0 Å². The first-order valence-electron chi connectivity index (χ1n) is 6.57. The van der Waals surface area contributed by atoms with Crippen molar-refractivity contribution in [3.05, 3.63) is 40.4 Å². The highest BCUT2D eigenvalue weighted by molar-refractivity contribution is 6.32. The van der Waals surface area contributed by atoms with E-state index < -0.39 is 0 Å². The summed E-state index contributed by atoms with van der Waals surface area (Å²) in [7, 11) is 0. The fourth-order valence-corrected chi connectivity index (χ4v) is 2.21. The van der Waals surface area contributed by atoms with E-state index in [2.05, 4.69) is 17.0 Å². The van der Waals surface area contributed by atoms with Crippen molar-refractivity contribution in [2.45, 2.75) is 39.7 Å². The van der Waals surface area contributed by atoms with Gasteiger partial charge in [0.2, 0.25) is 0 Å². The molecule has 0 aliphatic rings. The molecule has 0 radical (unpaired) electrons. The van der Waals surface area contributed by atoms with Gasteiger partial charge < -0.3 is 5.73 Å². The topological polar surface area (TPSA) is 56.7 Å². The Bertz CT molecular complexity index is 575. The van der Waals surface area contributed by atoms with E-state index in [4.69, 9.17) is 17.3 Å². The van der Waals surface area contributed by atoms with Crippen LogP contribution in [0.2, 0.25) is 5.02 Å². The van der Waals surface area contributed by atoms with Crippen molar-refractivity contribution in [3.63, 3.8) is 0 Å². The molecular weight excluding hydrogens is 260 g/mol. The first-order valence-corrected chi connectivity index (χ1v) is 6.94. The molecule has 1 unspecified atom stereocenters. The zero-order valence-corrected chi connectivity index (χ0v) is 12.3. The molecule has 0 aliphatic heterocycles. The molecule has 0 bridgehead atoms. The van der Waals surface area contributed by atoms with E-state index in [1.807, 2.05) is 36.7 Å². The Morgan fingerprint density at radius 1 is 1.32 bits per heavy atom. The van der Waals surface area contributed by atoms with Crippen LogP contribution < -0.4 is 5.73 Å². The molecule has 0 amide bonds. The second-order valence-corrected chi connectivity index (χ2v) is 4.97. The lowest BCUT2D eigenvalue weighted by atomic mass is 10.1. The molecule has 2 rings (SSSR count). The Morgan fingerprint density at radius 3 is 2.58 bits per heavy atom. The summed E-state index contributed by atoms with van der Waals surface area (Å²) >= 11 is 6.35. The molecule has 2 N–H and O–H groups in total. The summed E-state index contributed by atoms with van der Waals surface area (Å²) in [6, 6.07) is 5.81. The maximum absolute atomic E-state index is 6.35. The Hall–Kier alpha value is -1.39. The maximum atomic E-state index is 6.35. The van der Waals surface area contributed by atoms with Crippen LogP contribution in [0.15, 0.2) is 18.2 Å². The normalized spacial score (nSPS) is 12.7. The molecular formula is C14H19ClN4. The molecule has 1 aromatic carbocycles. The van der Waals surface area contributed by atoms with Crippen LogP contribution in [-0.4, -0.2) is 14.8 Å². The van der Waals surface area contributed by atoms with Crippen LogP contribution in [0.5, 0.6) is 0 Å². The molecule has 1 atom stereocenters. The van der Waals surface area contributed by atoms with Gasteiger partial charge in [-0.2, -0.15) is 5.10 Å². The van der Waals surface area contributed by atoms with Gasteiger partial charge in [0, 0.05) is 18.9 Å². The van der Waals surface area contributed by atoms with Crippen LogP contribution in [-0.2, 0) is 12.8 Å². The average molecular weight is 279 g/mol. The van der Waals surface area contributed by atoms with Crippen molar-refractivity contribution in [3.8, 4) is 5.69 Å². The van der Waals surface area contributed by atoms with Crippen molar-refractivity contribution in [1.82, 2.24) is 14.8 Å². The summed E-state index contributed by atoms with van der Waals surface area (Å²) in [5, 5.41) is 5.15. The summed E-state index contributed by atoms with van der Waals surface area (Å²) < 4.78 is 1.83. The molecule has 2 aromatic rings. The minimum Gasteiger partial charge on any atom is -0.324 e. The maximum Gasteiger partial charge on any atom is 0.151 e. The second kappa shape index (κ2) is 5.72. The van der Waals surface area contributed by atoms with Gasteiger partial charge in [-0.1, -0.05) is 31.5 Å². The highest BCUT2D eigenvalue weighted by atomic mass is 35.5. The minimum absolute atomic E-state index is 0.0286. The second-order valence-electron chi connectivity index (χ2n) is 4.56. The van der Waals surface area contributed by atoms with Crippen LogP contribution in [0, 0.1) is 0 Å². The Kier molecular flexibility index (Phi) is 4.22. The number of rotatable bonds is 4. The Labute approximate surface area is 118 Å². The van der Waals surface area contributed by atoms with E-state index in [0.29, 0.717) is 5.02 Å². The smallest absolute Gasteiger partial charge is 0.151 e. The van der Waals surface area contributed by atoms with Gasteiger partial charge in [0.15, 0.2) is 5.82 Å². The lowest BCUT2D eigenvalue weighted by molar-refractivity contribution is 0.785. The fourth-order valence-electron chi connectivity index (χ4n) is 1.94. The predicted octanol–water partition coefficient (Wildman–Crippen LogP) is 3.07. The van der Waals surface area contributed by atoms with Gasteiger partial charge in [-0.25, -0.2) is 9.67 Å². The van der Waals surface area contributed by atoms with E-state index in [1.165, 1.54) is 0 Å². The number of nitrogens with zero attached hydrogens (tertiary/aromatic N) is 3. The molecule has 19 heavy (non-hydrogen) atoms. The van der Waals surface area contributed by atoms with E-state index in [0.717, 1.165) is 35.7 Å². The largest absolute Gasteiger partial charge is 0.324 e.